The summed E-state index contributed by atoms with van der Waals surface area (Å²) in [6.45, 7) is 4.67. The monoisotopic (exact) mass is 517 g/mol. The molecule has 1 aliphatic rings. The van der Waals surface area contributed by atoms with Crippen LogP contribution in [0.2, 0.25) is 5.02 Å². The molecule has 4 N–H and O–H groups in total. The normalized spacial score (nSPS) is 14.6. The number of fused-ring (bicyclic) bond motifs is 3. The number of primary amides is 1. The minimum atomic E-state index is -0.647. The first-order valence-corrected chi connectivity index (χ1v) is 12.2. The van der Waals surface area contributed by atoms with Gasteiger partial charge in [0.25, 0.3) is 5.91 Å². The van der Waals surface area contributed by atoms with E-state index in [1.54, 1.807) is 29.2 Å². The molecule has 0 aliphatic carbocycles. The zero-order valence-corrected chi connectivity index (χ0v) is 20.6. The maximum Gasteiger partial charge on any atom is 0.266 e. The summed E-state index contributed by atoms with van der Waals surface area (Å²) >= 11 is 6.73. The van der Waals surface area contributed by atoms with E-state index in [1.165, 1.54) is 4.52 Å². The number of nitrogen functional groups attached to an aromatic ring is 1. The Balaban J connectivity index is 1.32. The number of anilines is 2. The molecule has 12 nitrogen and oxygen atoms in total. The summed E-state index contributed by atoms with van der Waals surface area (Å²) < 4.78 is 3.15. The Bertz CT molecular complexity index is 1590. The number of nitrogens with two attached hydrogens (primary N) is 2. The van der Waals surface area contributed by atoms with Crippen molar-refractivity contribution in [2.75, 3.05) is 43.4 Å². The van der Waals surface area contributed by atoms with Crippen molar-refractivity contribution >= 4 is 45.8 Å². The lowest BCUT2D eigenvalue weighted by Crippen LogP contribution is -2.47. The lowest BCUT2D eigenvalue weighted by Gasteiger charge is -2.36. The van der Waals surface area contributed by atoms with Gasteiger partial charge in [-0.3, -0.25) is 19.7 Å². The molecule has 188 valence electrons. The van der Waals surface area contributed by atoms with Crippen molar-refractivity contribution in [1.82, 2.24) is 39.0 Å². The molecule has 13 heteroatoms. The summed E-state index contributed by atoms with van der Waals surface area (Å²) in [6.07, 6.45) is 5.26. The van der Waals surface area contributed by atoms with Gasteiger partial charge in [-0.2, -0.15) is 9.50 Å². The van der Waals surface area contributed by atoms with Gasteiger partial charge in [-0.25, -0.2) is 4.98 Å². The second kappa shape index (κ2) is 9.30. The largest absolute Gasteiger partial charge is 0.369 e. The number of hydrogen-bond donors (Lipinski definition) is 2. The van der Waals surface area contributed by atoms with E-state index >= 15 is 0 Å². The van der Waals surface area contributed by atoms with Crippen LogP contribution in [0.4, 0.5) is 11.6 Å². The maximum absolute atomic E-state index is 12.5. The Hall–Kier alpha value is -4.29. The molecule has 6 heterocycles. The summed E-state index contributed by atoms with van der Waals surface area (Å²) in [6, 6.07) is 9.48. The van der Waals surface area contributed by atoms with Crippen molar-refractivity contribution in [2.24, 2.45) is 5.73 Å². The van der Waals surface area contributed by atoms with Gasteiger partial charge in [0.05, 0.1) is 10.4 Å². The molecule has 1 amide bonds. The molecule has 6 rings (SSSR count). The molecule has 0 atom stereocenters. The average Bonchev–Trinajstić information content (AvgIpc) is 3.48. The van der Waals surface area contributed by atoms with Gasteiger partial charge in [-0.1, -0.05) is 17.7 Å². The van der Waals surface area contributed by atoms with Crippen LogP contribution < -0.4 is 16.4 Å². The van der Waals surface area contributed by atoms with Gasteiger partial charge in [-0.15, -0.1) is 5.10 Å². The predicted octanol–water partition coefficient (Wildman–Crippen LogP) is 1.69. The van der Waals surface area contributed by atoms with Crippen LogP contribution in [-0.4, -0.2) is 77.6 Å². The SMILES string of the molecule is NC(=O)c1c(Cl)c2c(nc(N)n3nc(-c4ccccn4)nc23)n1CCN1CCN(c2ccncc2)CC1. The molecule has 37 heavy (non-hydrogen) atoms. The fourth-order valence-corrected chi connectivity index (χ4v) is 5.13. The maximum atomic E-state index is 12.5. The fourth-order valence-electron chi connectivity index (χ4n) is 4.77. The van der Waals surface area contributed by atoms with Crippen molar-refractivity contribution < 1.29 is 4.79 Å². The van der Waals surface area contributed by atoms with E-state index in [2.05, 4.69) is 34.8 Å². The first-order valence-electron chi connectivity index (χ1n) is 11.8. The second-order valence-corrected chi connectivity index (χ2v) is 9.14. The van der Waals surface area contributed by atoms with Gasteiger partial charge in [0, 0.05) is 63.5 Å². The molecule has 0 saturated carbocycles. The highest BCUT2D eigenvalue weighted by atomic mass is 35.5. The molecular weight excluding hydrogens is 494 g/mol. The first kappa shape index (κ1) is 23.1. The van der Waals surface area contributed by atoms with Gasteiger partial charge >= 0.3 is 0 Å². The number of rotatable bonds is 6. The summed E-state index contributed by atoms with van der Waals surface area (Å²) in [5.41, 5.74) is 14.8. The molecule has 0 radical (unpaired) electrons. The molecule has 0 spiro atoms. The predicted molar refractivity (Wildman–Crippen MR) is 140 cm³/mol. The van der Waals surface area contributed by atoms with Crippen LogP contribution in [-0.2, 0) is 6.54 Å². The van der Waals surface area contributed by atoms with Crippen LogP contribution in [0.3, 0.4) is 0 Å². The molecular formula is C24H24ClN11O. The van der Waals surface area contributed by atoms with Gasteiger partial charge in [-0.05, 0) is 24.3 Å². The van der Waals surface area contributed by atoms with Crippen molar-refractivity contribution in [3.8, 4) is 11.5 Å². The Kier molecular flexibility index (Phi) is 5.81. The summed E-state index contributed by atoms with van der Waals surface area (Å²) in [7, 11) is 0. The fraction of sp³-hybridized carbons (Fsp3) is 0.250. The molecule has 5 aromatic heterocycles. The number of nitrogens with zero attached hydrogens (tertiary/aromatic N) is 9. The van der Waals surface area contributed by atoms with Gasteiger partial charge in [0.15, 0.2) is 5.65 Å². The Morgan fingerprint density at radius 3 is 2.46 bits per heavy atom. The molecule has 0 aromatic carbocycles. The molecule has 5 aromatic rings. The number of aromatic nitrogens is 7. The third-order valence-corrected chi connectivity index (χ3v) is 6.98. The third kappa shape index (κ3) is 4.09. The van der Waals surface area contributed by atoms with E-state index in [4.69, 9.17) is 23.1 Å². The summed E-state index contributed by atoms with van der Waals surface area (Å²) in [5, 5.41) is 5.12. The van der Waals surface area contributed by atoms with E-state index in [0.717, 1.165) is 31.9 Å². The standard InChI is InChI=1S/C24H24ClN11O/c25-18-17-22(31-24(27)36-23(17)30-21(32-36)16-3-1-2-6-29-16)35(19(18)20(26)37)14-11-33-9-12-34(13-10-33)15-4-7-28-8-5-15/h1-8H,9-14H2,(H2,26,37)(H2,27,31). The number of amides is 1. The highest BCUT2D eigenvalue weighted by molar-refractivity contribution is 6.40. The van der Waals surface area contributed by atoms with E-state index in [0.29, 0.717) is 41.3 Å². The summed E-state index contributed by atoms with van der Waals surface area (Å²) in [5.74, 6) is -0.153. The number of hydrogen-bond acceptors (Lipinski definition) is 9. The number of piperazine rings is 1. The first-order chi connectivity index (χ1) is 18.0. The lowest BCUT2D eigenvalue weighted by molar-refractivity contribution is 0.0991. The smallest absolute Gasteiger partial charge is 0.266 e. The van der Waals surface area contributed by atoms with E-state index in [1.807, 2.05) is 24.3 Å². The zero-order chi connectivity index (χ0) is 25.5. The third-order valence-electron chi connectivity index (χ3n) is 6.61. The quantitative estimate of drug-likeness (QED) is 0.343. The molecule has 0 unspecified atom stereocenters. The molecule has 1 fully saturated rings. The Morgan fingerprint density at radius 2 is 1.76 bits per heavy atom. The number of pyridine rings is 2. The Labute approximate surface area is 216 Å². The van der Waals surface area contributed by atoms with Crippen molar-refractivity contribution in [2.45, 2.75) is 6.54 Å². The molecule has 1 saturated heterocycles. The van der Waals surface area contributed by atoms with Crippen LogP contribution >= 0.6 is 11.6 Å². The minimum Gasteiger partial charge on any atom is -0.369 e. The van der Waals surface area contributed by atoms with Gasteiger partial charge in [0.2, 0.25) is 11.8 Å². The highest BCUT2D eigenvalue weighted by Crippen LogP contribution is 2.34. The Morgan fingerprint density at radius 1 is 0.973 bits per heavy atom. The van der Waals surface area contributed by atoms with Crippen LogP contribution in [0.15, 0.2) is 48.9 Å². The van der Waals surface area contributed by atoms with Crippen LogP contribution in [0, 0.1) is 0 Å². The molecule has 0 bridgehead atoms. The van der Waals surface area contributed by atoms with Crippen LogP contribution in [0.1, 0.15) is 10.5 Å². The van der Waals surface area contributed by atoms with Gasteiger partial charge < -0.3 is 20.9 Å². The molecule has 1 aliphatic heterocycles. The summed E-state index contributed by atoms with van der Waals surface area (Å²) in [4.78, 5) is 34.7. The van der Waals surface area contributed by atoms with Crippen molar-refractivity contribution in [3.05, 3.63) is 59.6 Å². The zero-order valence-electron chi connectivity index (χ0n) is 19.8. The van der Waals surface area contributed by atoms with Crippen molar-refractivity contribution in [1.29, 1.82) is 0 Å². The van der Waals surface area contributed by atoms with Crippen LogP contribution in [0.5, 0.6) is 0 Å². The average molecular weight is 518 g/mol. The van der Waals surface area contributed by atoms with E-state index in [-0.39, 0.29) is 16.7 Å². The highest BCUT2D eigenvalue weighted by Gasteiger charge is 2.27. The minimum absolute atomic E-state index is 0.120. The second-order valence-electron chi connectivity index (χ2n) is 8.77. The number of carbonyl (C=O) groups excluding carboxylic acids is 1. The van der Waals surface area contributed by atoms with Gasteiger partial charge in [0.1, 0.15) is 17.0 Å². The number of halogens is 1. The van der Waals surface area contributed by atoms with Crippen molar-refractivity contribution in [3.63, 3.8) is 0 Å². The van der Waals surface area contributed by atoms with Crippen LogP contribution in [0.25, 0.3) is 28.2 Å². The lowest BCUT2D eigenvalue weighted by atomic mass is 10.2. The van der Waals surface area contributed by atoms with E-state index < -0.39 is 5.91 Å². The van der Waals surface area contributed by atoms with E-state index in [9.17, 15) is 4.79 Å². The number of carbonyl (C=O) groups is 1. The topological polar surface area (TPSA) is 149 Å².